The highest BCUT2D eigenvalue weighted by molar-refractivity contribution is 6.02. The lowest BCUT2D eigenvalue weighted by molar-refractivity contribution is -0.116. The van der Waals surface area contributed by atoms with E-state index in [4.69, 9.17) is 0 Å². The number of allylic oxidation sites excluding steroid dienone is 1. The fraction of sp³-hybridized carbons (Fsp3) is 0.444. The van der Waals surface area contributed by atoms with Crippen molar-refractivity contribution in [2.24, 2.45) is 0 Å². The van der Waals surface area contributed by atoms with Crippen LogP contribution in [0.15, 0.2) is 16.8 Å². The SMILES string of the molecule is O=C=C1NC(=O)C2=C1CCCC2. The van der Waals surface area contributed by atoms with Gasteiger partial charge >= 0.3 is 0 Å². The molecule has 0 bridgehead atoms. The maximum atomic E-state index is 11.2. The quantitative estimate of drug-likeness (QED) is 0.534. The molecule has 0 unspecified atom stereocenters. The molecule has 3 heteroatoms. The molecular formula is C9H9NO2. The third kappa shape index (κ3) is 0.908. The first-order valence-corrected chi connectivity index (χ1v) is 4.12. The summed E-state index contributed by atoms with van der Waals surface area (Å²) in [6, 6.07) is 0. The number of carbonyl (C=O) groups is 1. The van der Waals surface area contributed by atoms with Crippen LogP contribution >= 0.6 is 0 Å². The molecule has 1 aliphatic carbocycles. The highest BCUT2D eigenvalue weighted by Gasteiger charge is 2.29. The summed E-state index contributed by atoms with van der Waals surface area (Å²) in [6.45, 7) is 0. The highest BCUT2D eigenvalue weighted by atomic mass is 16.2. The summed E-state index contributed by atoms with van der Waals surface area (Å²) in [6.07, 6.45) is 3.78. The summed E-state index contributed by atoms with van der Waals surface area (Å²) in [5.41, 5.74) is 2.08. The van der Waals surface area contributed by atoms with Gasteiger partial charge in [-0.2, -0.15) is 0 Å². The first-order chi connectivity index (χ1) is 5.83. The predicted octanol–water partition coefficient (Wildman–Crippen LogP) is 0.702. The number of amides is 1. The largest absolute Gasteiger partial charge is 0.313 e. The van der Waals surface area contributed by atoms with E-state index in [2.05, 4.69) is 5.32 Å². The van der Waals surface area contributed by atoms with Gasteiger partial charge in [0, 0.05) is 5.57 Å². The van der Waals surface area contributed by atoms with Crippen molar-refractivity contribution in [2.75, 3.05) is 0 Å². The Bertz CT molecular complexity index is 321. The molecule has 0 saturated heterocycles. The molecule has 1 amide bonds. The second kappa shape index (κ2) is 2.61. The number of rotatable bonds is 0. The van der Waals surface area contributed by atoms with E-state index >= 15 is 0 Å². The van der Waals surface area contributed by atoms with Gasteiger partial charge in [0.05, 0.1) is 0 Å². The molecule has 1 heterocycles. The first-order valence-electron chi connectivity index (χ1n) is 4.12. The Hall–Kier alpha value is -1.34. The molecule has 0 spiro atoms. The zero-order valence-corrected chi connectivity index (χ0v) is 6.64. The minimum atomic E-state index is -0.0944. The van der Waals surface area contributed by atoms with Crippen molar-refractivity contribution in [3.63, 3.8) is 0 Å². The molecule has 2 aliphatic rings. The van der Waals surface area contributed by atoms with Crippen molar-refractivity contribution >= 4 is 11.8 Å². The van der Waals surface area contributed by atoms with Gasteiger partial charge in [0.1, 0.15) is 5.70 Å². The fourth-order valence-electron chi connectivity index (χ4n) is 1.78. The molecule has 0 aromatic heterocycles. The molecule has 2 rings (SSSR count). The Kier molecular flexibility index (Phi) is 1.59. The van der Waals surface area contributed by atoms with Crippen LogP contribution < -0.4 is 5.32 Å². The zero-order valence-electron chi connectivity index (χ0n) is 6.64. The van der Waals surface area contributed by atoms with Gasteiger partial charge in [-0.15, -0.1) is 0 Å². The van der Waals surface area contributed by atoms with Gasteiger partial charge in [-0.05, 0) is 31.3 Å². The van der Waals surface area contributed by atoms with Crippen LogP contribution in [0, 0.1) is 0 Å². The van der Waals surface area contributed by atoms with Crippen molar-refractivity contribution in [2.45, 2.75) is 25.7 Å². The molecule has 1 aliphatic heterocycles. The van der Waals surface area contributed by atoms with Crippen LogP contribution in [0.5, 0.6) is 0 Å². The summed E-state index contributed by atoms with van der Waals surface area (Å²) in [4.78, 5) is 21.6. The van der Waals surface area contributed by atoms with Crippen LogP contribution in [0.2, 0.25) is 0 Å². The summed E-state index contributed by atoms with van der Waals surface area (Å²) in [5, 5.41) is 2.53. The molecule has 0 aromatic rings. The Balaban J connectivity index is 2.47. The maximum Gasteiger partial charge on any atom is 0.252 e. The Morgan fingerprint density at radius 1 is 1.17 bits per heavy atom. The number of carbonyl (C=O) groups excluding carboxylic acids is 2. The average Bonchev–Trinajstić information content (AvgIpc) is 2.44. The number of nitrogens with one attached hydrogen (secondary N) is 1. The van der Waals surface area contributed by atoms with Gasteiger partial charge in [-0.3, -0.25) is 4.79 Å². The topological polar surface area (TPSA) is 46.2 Å². The first kappa shape index (κ1) is 7.32. The lowest BCUT2D eigenvalue weighted by atomic mass is 9.93. The van der Waals surface area contributed by atoms with Gasteiger partial charge < -0.3 is 5.32 Å². The number of hydrogen-bond donors (Lipinski definition) is 1. The second-order valence-electron chi connectivity index (χ2n) is 3.10. The second-order valence-corrected chi connectivity index (χ2v) is 3.10. The fourth-order valence-corrected chi connectivity index (χ4v) is 1.78. The average molecular weight is 163 g/mol. The van der Waals surface area contributed by atoms with Gasteiger partial charge in [-0.25, -0.2) is 4.79 Å². The molecule has 62 valence electrons. The molecule has 0 radical (unpaired) electrons. The van der Waals surface area contributed by atoms with Crippen LogP contribution in [-0.2, 0) is 9.59 Å². The van der Waals surface area contributed by atoms with E-state index in [0.29, 0.717) is 5.70 Å². The molecule has 1 N–H and O–H groups in total. The van der Waals surface area contributed by atoms with E-state index in [1.165, 1.54) is 0 Å². The van der Waals surface area contributed by atoms with Crippen molar-refractivity contribution in [1.29, 1.82) is 0 Å². The minimum Gasteiger partial charge on any atom is -0.313 e. The lowest BCUT2D eigenvalue weighted by Crippen LogP contribution is -2.16. The van der Waals surface area contributed by atoms with Crippen LogP contribution in [0.3, 0.4) is 0 Å². The van der Waals surface area contributed by atoms with Crippen molar-refractivity contribution in [1.82, 2.24) is 5.32 Å². The normalized spacial score (nSPS) is 22.0. The highest BCUT2D eigenvalue weighted by Crippen LogP contribution is 2.31. The summed E-state index contributed by atoms with van der Waals surface area (Å²) < 4.78 is 0. The molecule has 3 nitrogen and oxygen atoms in total. The predicted molar refractivity (Wildman–Crippen MR) is 42.8 cm³/mol. The lowest BCUT2D eigenvalue weighted by Gasteiger charge is -2.09. The Labute approximate surface area is 70.1 Å². The number of hydrogen-bond acceptors (Lipinski definition) is 2. The van der Waals surface area contributed by atoms with Crippen LogP contribution in [0.4, 0.5) is 0 Å². The Morgan fingerprint density at radius 3 is 2.50 bits per heavy atom. The summed E-state index contributed by atoms with van der Waals surface area (Å²) in [7, 11) is 0. The van der Waals surface area contributed by atoms with Gasteiger partial charge in [0.25, 0.3) is 5.91 Å². The molecule has 12 heavy (non-hydrogen) atoms. The standard InChI is InChI=1S/C9H9NO2/c11-5-8-6-3-1-2-4-7(6)9(12)10-8/h1-4H2,(H,10,12). The van der Waals surface area contributed by atoms with Crippen molar-refractivity contribution in [3.8, 4) is 0 Å². The molecule has 0 saturated carbocycles. The minimum absolute atomic E-state index is 0.0944. The maximum absolute atomic E-state index is 11.2. The van der Waals surface area contributed by atoms with E-state index in [-0.39, 0.29) is 5.91 Å². The van der Waals surface area contributed by atoms with Crippen molar-refractivity contribution < 1.29 is 9.59 Å². The molecular weight excluding hydrogens is 154 g/mol. The van der Waals surface area contributed by atoms with Crippen LogP contribution in [-0.4, -0.2) is 11.8 Å². The van der Waals surface area contributed by atoms with Crippen LogP contribution in [0.25, 0.3) is 0 Å². The molecule has 0 atom stereocenters. The van der Waals surface area contributed by atoms with Crippen LogP contribution in [0.1, 0.15) is 25.7 Å². The summed E-state index contributed by atoms with van der Waals surface area (Å²) in [5.74, 6) is 1.68. The van der Waals surface area contributed by atoms with E-state index in [9.17, 15) is 9.59 Å². The zero-order chi connectivity index (χ0) is 8.55. The van der Waals surface area contributed by atoms with E-state index < -0.39 is 0 Å². The molecule has 0 aromatic carbocycles. The third-order valence-electron chi connectivity index (χ3n) is 2.38. The van der Waals surface area contributed by atoms with Gasteiger partial charge in [-0.1, -0.05) is 0 Å². The Morgan fingerprint density at radius 2 is 1.83 bits per heavy atom. The van der Waals surface area contributed by atoms with Gasteiger partial charge in [0.2, 0.25) is 0 Å². The van der Waals surface area contributed by atoms with E-state index in [1.807, 2.05) is 0 Å². The monoisotopic (exact) mass is 163 g/mol. The van der Waals surface area contributed by atoms with Crippen molar-refractivity contribution in [3.05, 3.63) is 16.8 Å². The smallest absolute Gasteiger partial charge is 0.252 e. The summed E-state index contributed by atoms with van der Waals surface area (Å²) >= 11 is 0. The van der Waals surface area contributed by atoms with Gasteiger partial charge in [0.15, 0.2) is 5.94 Å². The van der Waals surface area contributed by atoms with E-state index in [0.717, 1.165) is 36.8 Å². The van der Waals surface area contributed by atoms with E-state index in [1.54, 1.807) is 5.94 Å². The molecule has 0 fully saturated rings. The third-order valence-corrected chi connectivity index (χ3v) is 2.38.